The Morgan fingerprint density at radius 2 is 1.64 bits per heavy atom. The van der Waals surface area contributed by atoms with Crippen molar-refractivity contribution >= 4 is 23.5 Å². The Balaban J connectivity index is 0.981. The lowest BCUT2D eigenvalue weighted by atomic mass is 9.53. The lowest BCUT2D eigenvalue weighted by Gasteiger charge is -2.56. The number of benzene rings is 3. The van der Waals surface area contributed by atoms with Gasteiger partial charge in [-0.2, -0.15) is 4.68 Å². The van der Waals surface area contributed by atoms with E-state index >= 15 is 0 Å². The highest BCUT2D eigenvalue weighted by Gasteiger charge is 2.51. The average Bonchev–Trinajstić information content (AvgIpc) is 3.56. The van der Waals surface area contributed by atoms with Gasteiger partial charge >= 0.3 is 6.03 Å². The molecule has 4 saturated carbocycles. The van der Waals surface area contributed by atoms with Gasteiger partial charge in [0.2, 0.25) is 5.16 Å². The van der Waals surface area contributed by atoms with E-state index in [1.54, 1.807) is 16.4 Å². The minimum atomic E-state index is -0.644. The van der Waals surface area contributed by atoms with Gasteiger partial charge in [-0.05, 0) is 102 Å². The molecule has 244 valence electrons. The lowest BCUT2D eigenvalue weighted by molar-refractivity contribution is -0.245. The predicted octanol–water partition coefficient (Wildman–Crippen LogP) is 6.58. The molecule has 5 fully saturated rings. The van der Waals surface area contributed by atoms with Crippen molar-refractivity contribution in [2.75, 3.05) is 11.1 Å². The molecule has 2 amide bonds. The molecule has 1 aromatic heterocycles. The normalized spacial score (nSPS) is 29.5. The van der Waals surface area contributed by atoms with Crippen LogP contribution in [0.1, 0.15) is 74.0 Å². The maximum absolute atomic E-state index is 13.3. The fourth-order valence-electron chi connectivity index (χ4n) is 8.62. The minimum absolute atomic E-state index is 0.0107. The number of para-hydroxylation sites is 1. The number of anilines is 1. The molecular formula is C36H40N6O4S. The number of amides is 2. The first-order valence-electron chi connectivity index (χ1n) is 16.7. The third-order valence-electron chi connectivity index (χ3n) is 10.3. The fourth-order valence-corrected chi connectivity index (χ4v) is 9.53. The molecule has 2 heterocycles. The number of urea groups is 1. The number of aromatic nitrogens is 4. The Hall–Kier alpha value is -3.77. The Morgan fingerprint density at radius 1 is 0.894 bits per heavy atom. The van der Waals surface area contributed by atoms with Gasteiger partial charge in [0.25, 0.3) is 0 Å². The minimum Gasteiger partial charge on any atom is -0.392 e. The van der Waals surface area contributed by atoms with Crippen LogP contribution in [0.25, 0.3) is 5.69 Å². The van der Waals surface area contributed by atoms with Crippen molar-refractivity contribution in [3.63, 3.8) is 0 Å². The molecule has 9 rings (SSSR count). The zero-order valence-electron chi connectivity index (χ0n) is 26.2. The number of aliphatic hydroxyl groups excluding tert-OH is 1. The van der Waals surface area contributed by atoms with E-state index in [0.29, 0.717) is 23.0 Å². The van der Waals surface area contributed by atoms with Crippen LogP contribution in [0.2, 0.25) is 0 Å². The van der Waals surface area contributed by atoms with Crippen LogP contribution >= 0.6 is 11.8 Å². The second kappa shape index (κ2) is 13.0. The number of hydrogen-bond donors (Lipinski definition) is 3. The van der Waals surface area contributed by atoms with E-state index in [1.165, 1.54) is 19.3 Å². The summed E-state index contributed by atoms with van der Waals surface area (Å²) in [6.07, 6.45) is 6.92. The SMILES string of the molecule is O=C(Nc1cccc([C@H]2O[C@@H](CSc3nnnn3-c3ccccc3)C[C@@H](c3ccc(CO)cc3)O2)c1)NC12CC3CC(CC(C3)C1)C2. The summed E-state index contributed by atoms with van der Waals surface area (Å²) < 4.78 is 14.9. The maximum Gasteiger partial charge on any atom is 0.319 e. The number of rotatable bonds is 9. The summed E-state index contributed by atoms with van der Waals surface area (Å²) in [5.74, 6) is 2.89. The molecule has 5 aliphatic rings. The molecule has 11 heteroatoms. The quantitative estimate of drug-likeness (QED) is 0.173. The third kappa shape index (κ3) is 6.67. The highest BCUT2D eigenvalue weighted by Crippen LogP contribution is 2.55. The molecule has 47 heavy (non-hydrogen) atoms. The number of aliphatic hydroxyl groups is 1. The molecule has 0 unspecified atom stereocenters. The Bertz CT molecular complexity index is 1660. The van der Waals surface area contributed by atoms with E-state index in [4.69, 9.17) is 9.47 Å². The number of thioether (sulfide) groups is 1. The summed E-state index contributed by atoms with van der Waals surface area (Å²) in [4.78, 5) is 13.3. The zero-order valence-corrected chi connectivity index (χ0v) is 27.0. The number of carbonyl (C=O) groups excluding carboxylic acids is 1. The summed E-state index contributed by atoms with van der Waals surface area (Å²) in [5.41, 5.74) is 4.24. The van der Waals surface area contributed by atoms with Gasteiger partial charge in [0.05, 0.1) is 24.5 Å². The molecule has 3 N–H and O–H groups in total. The van der Waals surface area contributed by atoms with Gasteiger partial charge in [0.15, 0.2) is 6.29 Å². The Labute approximate surface area is 278 Å². The fraction of sp³-hybridized carbons (Fsp3) is 0.444. The molecule has 0 spiro atoms. The standard InChI is InChI=1S/C36H40N6O4S/c43-21-23-9-11-27(12-10-23)32-17-31(22-47-35-39-40-41-42(35)30-7-2-1-3-8-30)45-33(46-32)28-5-4-6-29(16-28)37-34(44)38-36-18-24-13-25(19-36)15-26(14-24)20-36/h1-12,16,24-26,31-33,43H,13-15,17-22H2,(H2,37,38,44)/t24?,25?,26?,31-,32+,33+,36?/m1/s1. The van der Waals surface area contributed by atoms with Crippen molar-refractivity contribution in [3.05, 3.63) is 95.6 Å². The first kappa shape index (κ1) is 30.6. The van der Waals surface area contributed by atoms with Crippen LogP contribution in [-0.2, 0) is 16.1 Å². The first-order valence-corrected chi connectivity index (χ1v) is 17.7. The van der Waals surface area contributed by atoms with Crippen molar-refractivity contribution in [2.24, 2.45) is 17.8 Å². The van der Waals surface area contributed by atoms with E-state index in [2.05, 4.69) is 26.2 Å². The van der Waals surface area contributed by atoms with Gasteiger partial charge < -0.3 is 25.2 Å². The van der Waals surface area contributed by atoms with Gasteiger partial charge in [-0.15, -0.1) is 5.10 Å². The van der Waals surface area contributed by atoms with E-state index < -0.39 is 6.29 Å². The van der Waals surface area contributed by atoms with Gasteiger partial charge in [-0.25, -0.2) is 4.79 Å². The molecule has 4 aromatic rings. The number of tetrazole rings is 1. The maximum atomic E-state index is 13.3. The number of ether oxygens (including phenoxy) is 2. The summed E-state index contributed by atoms with van der Waals surface area (Å²) in [6.45, 7) is -0.0107. The van der Waals surface area contributed by atoms with Crippen LogP contribution in [0.15, 0.2) is 84.0 Å². The van der Waals surface area contributed by atoms with Gasteiger partial charge in [-0.3, -0.25) is 0 Å². The van der Waals surface area contributed by atoms with Crippen molar-refractivity contribution in [1.82, 2.24) is 25.5 Å². The first-order chi connectivity index (χ1) is 23.0. The Kier molecular flexibility index (Phi) is 8.47. The molecule has 10 nitrogen and oxygen atoms in total. The topological polar surface area (TPSA) is 123 Å². The van der Waals surface area contributed by atoms with Crippen LogP contribution in [0, 0.1) is 17.8 Å². The highest BCUT2D eigenvalue weighted by molar-refractivity contribution is 7.99. The molecule has 1 saturated heterocycles. The van der Waals surface area contributed by atoms with Gasteiger partial charge in [0, 0.05) is 29.0 Å². The number of nitrogens with zero attached hydrogens (tertiary/aromatic N) is 4. The van der Waals surface area contributed by atoms with E-state index in [0.717, 1.165) is 59.4 Å². The second-order valence-corrected chi connectivity index (χ2v) is 14.8. The van der Waals surface area contributed by atoms with Crippen LogP contribution in [0.4, 0.5) is 10.5 Å². The van der Waals surface area contributed by atoms with Crippen LogP contribution in [0.3, 0.4) is 0 Å². The molecule has 3 atom stereocenters. The highest BCUT2D eigenvalue weighted by atomic mass is 32.2. The largest absolute Gasteiger partial charge is 0.392 e. The lowest BCUT2D eigenvalue weighted by Crippen LogP contribution is -2.60. The summed E-state index contributed by atoms with van der Waals surface area (Å²) in [6, 6.07) is 25.3. The van der Waals surface area contributed by atoms with Crippen molar-refractivity contribution < 1.29 is 19.4 Å². The summed E-state index contributed by atoms with van der Waals surface area (Å²) in [7, 11) is 0. The molecule has 4 aliphatic carbocycles. The number of hydrogen-bond acceptors (Lipinski definition) is 8. The van der Waals surface area contributed by atoms with E-state index in [1.807, 2.05) is 78.9 Å². The van der Waals surface area contributed by atoms with Crippen molar-refractivity contribution in [3.8, 4) is 5.69 Å². The van der Waals surface area contributed by atoms with Crippen LogP contribution in [0.5, 0.6) is 0 Å². The predicted molar refractivity (Wildman–Crippen MR) is 178 cm³/mol. The van der Waals surface area contributed by atoms with Gasteiger partial charge in [-0.1, -0.05) is 66.4 Å². The molecular weight excluding hydrogens is 613 g/mol. The van der Waals surface area contributed by atoms with E-state index in [-0.39, 0.29) is 30.4 Å². The number of carbonyl (C=O) groups is 1. The second-order valence-electron chi connectivity index (χ2n) is 13.8. The van der Waals surface area contributed by atoms with E-state index in [9.17, 15) is 9.90 Å². The molecule has 4 bridgehead atoms. The third-order valence-corrected chi connectivity index (χ3v) is 11.3. The van der Waals surface area contributed by atoms with Crippen molar-refractivity contribution in [1.29, 1.82) is 0 Å². The zero-order chi connectivity index (χ0) is 31.8. The van der Waals surface area contributed by atoms with Crippen molar-refractivity contribution in [2.45, 2.75) is 80.7 Å². The molecule has 1 aliphatic heterocycles. The smallest absolute Gasteiger partial charge is 0.319 e. The average molecular weight is 653 g/mol. The monoisotopic (exact) mass is 652 g/mol. The van der Waals surface area contributed by atoms with Crippen LogP contribution < -0.4 is 10.6 Å². The molecule has 3 aromatic carbocycles. The molecule has 0 radical (unpaired) electrons. The summed E-state index contributed by atoms with van der Waals surface area (Å²) >= 11 is 1.54. The van der Waals surface area contributed by atoms with Crippen LogP contribution in [-0.4, -0.2) is 48.7 Å². The van der Waals surface area contributed by atoms with Gasteiger partial charge in [0.1, 0.15) is 0 Å². The number of nitrogens with one attached hydrogen (secondary N) is 2. The summed E-state index contributed by atoms with van der Waals surface area (Å²) in [5, 5.41) is 29.1. The Morgan fingerprint density at radius 3 is 2.36 bits per heavy atom.